The van der Waals surface area contributed by atoms with Crippen LogP contribution in [0.15, 0.2) is 36.4 Å². The molecule has 2 fully saturated rings. The minimum atomic E-state index is -5.13. The Morgan fingerprint density at radius 1 is 0.898 bits per heavy atom. The van der Waals surface area contributed by atoms with Crippen LogP contribution < -0.4 is 9.64 Å². The van der Waals surface area contributed by atoms with Gasteiger partial charge in [-0.15, -0.1) is 13.2 Å². The van der Waals surface area contributed by atoms with Gasteiger partial charge in [0.2, 0.25) is 0 Å². The first-order valence-electron chi connectivity index (χ1n) is 15.8. The summed E-state index contributed by atoms with van der Waals surface area (Å²) in [5.41, 5.74) is -3.02. The maximum Gasteiger partial charge on any atom is 0.573 e. The normalized spacial score (nSPS) is 21.8. The number of cyclic esters (lactones) is 1. The third-order valence-corrected chi connectivity index (χ3v) is 8.88. The van der Waals surface area contributed by atoms with Gasteiger partial charge in [0.1, 0.15) is 11.9 Å². The van der Waals surface area contributed by atoms with Crippen LogP contribution in [-0.2, 0) is 33.2 Å². The number of alkyl halides is 9. The van der Waals surface area contributed by atoms with Crippen molar-refractivity contribution in [2.45, 2.75) is 90.3 Å². The van der Waals surface area contributed by atoms with Gasteiger partial charge in [-0.3, -0.25) is 9.69 Å². The summed E-state index contributed by atoms with van der Waals surface area (Å²) in [5.74, 6) is -0.468. The second-order valence-corrected chi connectivity index (χ2v) is 12.3. The molecule has 0 radical (unpaired) electrons. The molecule has 2 aromatic rings. The number of ether oxygens (including phenoxy) is 3. The molecule has 0 unspecified atom stereocenters. The Morgan fingerprint density at radius 2 is 1.49 bits per heavy atom. The zero-order chi connectivity index (χ0) is 36.3. The average Bonchev–Trinajstić information content (AvgIpc) is 3.28. The molecular weight excluding hydrogens is 675 g/mol. The maximum absolute atomic E-state index is 13.5. The predicted octanol–water partition coefficient (Wildman–Crippen LogP) is 9.29. The van der Waals surface area contributed by atoms with E-state index in [0.717, 1.165) is 42.7 Å². The van der Waals surface area contributed by atoms with E-state index < -0.39 is 59.4 Å². The summed E-state index contributed by atoms with van der Waals surface area (Å²) in [6.07, 6.45) is -14.4. The number of benzene rings is 2. The molecular formula is C33H37F9N2O5. The van der Waals surface area contributed by atoms with Crippen molar-refractivity contribution in [3.05, 3.63) is 58.7 Å². The number of nitrogens with zero attached hydrogens (tertiary/aromatic N) is 2. The van der Waals surface area contributed by atoms with Crippen molar-refractivity contribution >= 4 is 17.7 Å². The van der Waals surface area contributed by atoms with E-state index in [1.807, 2.05) is 11.8 Å². The minimum Gasteiger partial charge on any atom is -0.466 e. The zero-order valence-electron chi connectivity index (χ0n) is 27.0. The van der Waals surface area contributed by atoms with Crippen LogP contribution >= 0.6 is 0 Å². The summed E-state index contributed by atoms with van der Waals surface area (Å²) in [7, 11) is 0. The summed E-state index contributed by atoms with van der Waals surface area (Å²) in [6, 6.07) is 3.46. The van der Waals surface area contributed by atoms with Gasteiger partial charge in [-0.1, -0.05) is 0 Å². The van der Waals surface area contributed by atoms with Crippen molar-refractivity contribution in [1.82, 2.24) is 4.90 Å². The lowest BCUT2D eigenvalue weighted by molar-refractivity contribution is -0.274. The molecule has 4 rings (SSSR count). The molecule has 0 aromatic heterocycles. The molecule has 1 saturated heterocycles. The van der Waals surface area contributed by atoms with Gasteiger partial charge in [-0.05, 0) is 106 Å². The van der Waals surface area contributed by atoms with E-state index in [-0.39, 0.29) is 36.0 Å². The Bertz CT molecular complexity index is 1440. The molecule has 0 N–H and O–H groups in total. The van der Waals surface area contributed by atoms with Crippen LogP contribution in [-0.4, -0.2) is 49.1 Å². The second kappa shape index (κ2) is 15.0. The largest absolute Gasteiger partial charge is 0.573 e. The second-order valence-electron chi connectivity index (χ2n) is 12.3. The fourth-order valence-corrected chi connectivity index (χ4v) is 6.46. The van der Waals surface area contributed by atoms with E-state index in [2.05, 4.69) is 4.74 Å². The highest BCUT2D eigenvalue weighted by Crippen LogP contribution is 2.42. The molecule has 16 heteroatoms. The van der Waals surface area contributed by atoms with E-state index >= 15 is 0 Å². The van der Waals surface area contributed by atoms with Crippen LogP contribution in [0.1, 0.15) is 81.2 Å². The monoisotopic (exact) mass is 712 g/mol. The molecule has 0 spiro atoms. The van der Waals surface area contributed by atoms with Gasteiger partial charge in [0.15, 0.2) is 0 Å². The van der Waals surface area contributed by atoms with Crippen LogP contribution in [0.5, 0.6) is 5.75 Å². The number of esters is 1. The van der Waals surface area contributed by atoms with Crippen LogP contribution in [0.4, 0.5) is 50.0 Å². The van der Waals surface area contributed by atoms with Crippen molar-refractivity contribution in [2.24, 2.45) is 11.8 Å². The molecule has 1 saturated carbocycles. The van der Waals surface area contributed by atoms with Crippen LogP contribution in [0.2, 0.25) is 0 Å². The standard InChI is InChI=1S/C33H37F9N2O5/c1-4-43(17-21-8-6-20(7-9-21)12-28(45)47-5-2)27-11-10-26(49-33(40,41)42)15-23(27)18-44-19(3)29(48-30(44)46)22-13-24(31(34,35)36)16-25(14-22)32(37,38)39/h10-11,13-16,19-21,29H,4-9,12,17-18H2,1-3H3/t19-,20-,21-,29-/m0/s1. The van der Waals surface area contributed by atoms with Crippen LogP contribution in [0, 0.1) is 11.8 Å². The number of amides is 1. The lowest BCUT2D eigenvalue weighted by Crippen LogP contribution is -2.35. The fraction of sp³-hybridized carbons (Fsp3) is 0.576. The van der Waals surface area contributed by atoms with Gasteiger partial charge in [0.25, 0.3) is 0 Å². The Labute approximate surface area is 277 Å². The number of halogens is 9. The summed E-state index contributed by atoms with van der Waals surface area (Å²) in [4.78, 5) is 28.0. The number of anilines is 1. The highest BCUT2D eigenvalue weighted by molar-refractivity contribution is 5.72. The smallest absolute Gasteiger partial charge is 0.466 e. The lowest BCUT2D eigenvalue weighted by atomic mass is 9.80. The number of hydrogen-bond donors (Lipinski definition) is 0. The number of carbonyl (C=O) groups is 2. The molecule has 1 heterocycles. The molecule has 1 aliphatic heterocycles. The Morgan fingerprint density at radius 3 is 2.02 bits per heavy atom. The zero-order valence-corrected chi connectivity index (χ0v) is 27.0. The van der Waals surface area contributed by atoms with Gasteiger partial charge in [-0.25, -0.2) is 4.79 Å². The molecule has 7 nitrogen and oxygen atoms in total. The van der Waals surface area contributed by atoms with Gasteiger partial charge in [-0.2, -0.15) is 26.3 Å². The van der Waals surface area contributed by atoms with Crippen LogP contribution in [0.25, 0.3) is 0 Å². The fourth-order valence-electron chi connectivity index (χ4n) is 6.46. The van der Waals surface area contributed by atoms with E-state index in [1.54, 1.807) is 6.92 Å². The highest BCUT2D eigenvalue weighted by atomic mass is 19.4. The predicted molar refractivity (Wildman–Crippen MR) is 158 cm³/mol. The first kappa shape index (κ1) is 38.0. The van der Waals surface area contributed by atoms with Gasteiger partial charge in [0, 0.05) is 25.2 Å². The molecule has 1 amide bonds. The first-order valence-corrected chi connectivity index (χ1v) is 15.8. The summed E-state index contributed by atoms with van der Waals surface area (Å²) in [6.45, 7) is 5.78. The molecule has 1 aliphatic carbocycles. The van der Waals surface area contributed by atoms with Crippen LogP contribution in [0.3, 0.4) is 0 Å². The van der Waals surface area contributed by atoms with Crippen molar-refractivity contribution in [3.8, 4) is 5.75 Å². The quantitative estimate of drug-likeness (QED) is 0.171. The van der Waals surface area contributed by atoms with E-state index in [0.29, 0.717) is 43.9 Å². The van der Waals surface area contributed by atoms with E-state index in [9.17, 15) is 49.1 Å². The third kappa shape index (κ3) is 9.87. The SMILES string of the molecule is CCOC(=O)C[C@H]1CC[C@H](CN(CC)c2ccc(OC(F)(F)F)cc2CN2C(=O)O[C@H](c3cc(C(F)(F)F)cc(C(F)(F)F)c3)[C@@H]2C)CC1. The summed E-state index contributed by atoms with van der Waals surface area (Å²) >= 11 is 0. The first-order chi connectivity index (χ1) is 22.8. The summed E-state index contributed by atoms with van der Waals surface area (Å²) < 4.78 is 135. The Kier molecular flexibility index (Phi) is 11.6. The average molecular weight is 713 g/mol. The molecule has 2 aromatic carbocycles. The number of hydrogen-bond acceptors (Lipinski definition) is 6. The minimum absolute atomic E-state index is 0.0344. The van der Waals surface area contributed by atoms with E-state index in [1.165, 1.54) is 13.0 Å². The molecule has 2 atom stereocenters. The number of rotatable bonds is 11. The molecule has 272 valence electrons. The topological polar surface area (TPSA) is 68.3 Å². The lowest BCUT2D eigenvalue weighted by Gasteiger charge is -2.34. The van der Waals surface area contributed by atoms with Crippen molar-refractivity contribution in [3.63, 3.8) is 0 Å². The van der Waals surface area contributed by atoms with Gasteiger partial charge >= 0.3 is 30.8 Å². The Hall–Kier alpha value is -3.85. The molecule has 2 aliphatic rings. The molecule has 0 bridgehead atoms. The maximum atomic E-state index is 13.5. The third-order valence-electron chi connectivity index (χ3n) is 8.88. The molecule has 49 heavy (non-hydrogen) atoms. The Balaban J connectivity index is 1.60. The van der Waals surface area contributed by atoms with E-state index in [4.69, 9.17) is 9.47 Å². The highest BCUT2D eigenvalue weighted by Gasteiger charge is 2.44. The van der Waals surface area contributed by atoms with Gasteiger partial charge < -0.3 is 19.1 Å². The van der Waals surface area contributed by atoms with Crippen molar-refractivity contribution in [1.29, 1.82) is 0 Å². The number of carbonyl (C=O) groups excluding carboxylic acids is 2. The summed E-state index contributed by atoms with van der Waals surface area (Å²) in [5, 5.41) is 0. The van der Waals surface area contributed by atoms with Crippen molar-refractivity contribution < 1.29 is 63.3 Å². The van der Waals surface area contributed by atoms with Gasteiger partial charge in [0.05, 0.1) is 30.3 Å². The van der Waals surface area contributed by atoms with Crippen molar-refractivity contribution in [2.75, 3.05) is 24.6 Å².